The van der Waals surface area contributed by atoms with Gasteiger partial charge in [0.1, 0.15) is 5.82 Å². The van der Waals surface area contributed by atoms with E-state index in [-0.39, 0.29) is 5.91 Å². The molecule has 0 bridgehead atoms. The molecule has 0 unspecified atom stereocenters. The Hall–Kier alpha value is -1.88. The minimum Gasteiger partial charge on any atom is -0.377 e. The normalized spacial score (nSPS) is 14.4. The lowest BCUT2D eigenvalue weighted by atomic mass is 10.1. The molecule has 2 rings (SSSR count). The molecular weight excluding hydrogens is 266 g/mol. The lowest BCUT2D eigenvalue weighted by Crippen LogP contribution is -2.24. The van der Waals surface area contributed by atoms with Gasteiger partial charge in [-0.3, -0.25) is 4.79 Å². The minimum atomic E-state index is -0.0664. The lowest BCUT2D eigenvalue weighted by Gasteiger charge is -2.14. The van der Waals surface area contributed by atoms with E-state index in [1.807, 2.05) is 13.0 Å². The van der Waals surface area contributed by atoms with Crippen molar-refractivity contribution in [3.05, 3.63) is 35.5 Å². The summed E-state index contributed by atoms with van der Waals surface area (Å²) < 4.78 is 5.28. The van der Waals surface area contributed by atoms with Crippen LogP contribution < -0.4 is 10.6 Å². The molecule has 5 nitrogen and oxygen atoms in total. The van der Waals surface area contributed by atoms with E-state index in [2.05, 4.69) is 21.7 Å². The summed E-state index contributed by atoms with van der Waals surface area (Å²) in [7, 11) is 0. The largest absolute Gasteiger partial charge is 0.377 e. The summed E-state index contributed by atoms with van der Waals surface area (Å²) in [6, 6.07) is 3.65. The van der Waals surface area contributed by atoms with Crippen LogP contribution in [0.25, 0.3) is 0 Å². The molecule has 21 heavy (non-hydrogen) atoms. The van der Waals surface area contributed by atoms with Crippen LogP contribution in [-0.4, -0.2) is 37.2 Å². The van der Waals surface area contributed by atoms with Gasteiger partial charge in [0, 0.05) is 19.3 Å². The first-order chi connectivity index (χ1) is 10.3. The summed E-state index contributed by atoms with van der Waals surface area (Å²) in [6.07, 6.45) is 6.72. The Bertz CT molecular complexity index is 483. The zero-order valence-corrected chi connectivity index (χ0v) is 12.5. The number of hydrogen-bond acceptors (Lipinski definition) is 4. The van der Waals surface area contributed by atoms with E-state index in [0.717, 1.165) is 44.8 Å². The van der Waals surface area contributed by atoms with Crippen molar-refractivity contribution in [1.29, 1.82) is 0 Å². The second-order valence-corrected chi connectivity index (χ2v) is 5.05. The molecule has 0 aromatic carbocycles. The molecule has 1 aliphatic heterocycles. The molecule has 0 fully saturated rings. The SMILES string of the molecule is CCCNC(=O)c1ccc(NCCC2=CCOCC2)nc1. The van der Waals surface area contributed by atoms with Crippen molar-refractivity contribution in [2.45, 2.75) is 26.2 Å². The molecular formula is C16H23N3O2. The van der Waals surface area contributed by atoms with Gasteiger partial charge in [0.25, 0.3) is 5.91 Å². The van der Waals surface area contributed by atoms with E-state index >= 15 is 0 Å². The number of nitrogens with one attached hydrogen (secondary N) is 2. The fourth-order valence-corrected chi connectivity index (χ4v) is 2.12. The van der Waals surface area contributed by atoms with Crippen LogP contribution in [0.1, 0.15) is 36.5 Å². The van der Waals surface area contributed by atoms with E-state index in [1.54, 1.807) is 12.3 Å². The Labute approximate surface area is 125 Å². The Morgan fingerprint density at radius 2 is 2.29 bits per heavy atom. The van der Waals surface area contributed by atoms with Crippen LogP contribution in [0.5, 0.6) is 0 Å². The predicted molar refractivity (Wildman–Crippen MR) is 83.5 cm³/mol. The van der Waals surface area contributed by atoms with Crippen molar-refractivity contribution in [2.24, 2.45) is 0 Å². The third-order valence-corrected chi connectivity index (χ3v) is 3.37. The van der Waals surface area contributed by atoms with Crippen LogP contribution in [-0.2, 0) is 4.74 Å². The van der Waals surface area contributed by atoms with Crippen LogP contribution in [0.4, 0.5) is 5.82 Å². The van der Waals surface area contributed by atoms with Gasteiger partial charge in [-0.1, -0.05) is 18.6 Å². The van der Waals surface area contributed by atoms with Gasteiger partial charge < -0.3 is 15.4 Å². The van der Waals surface area contributed by atoms with E-state index < -0.39 is 0 Å². The smallest absolute Gasteiger partial charge is 0.252 e. The first-order valence-electron chi connectivity index (χ1n) is 7.53. The van der Waals surface area contributed by atoms with E-state index in [0.29, 0.717) is 12.1 Å². The van der Waals surface area contributed by atoms with Crippen molar-refractivity contribution in [1.82, 2.24) is 10.3 Å². The number of ether oxygens (including phenoxy) is 1. The Balaban J connectivity index is 1.76. The standard InChI is InChI=1S/C16H23N3O2/c1-2-8-18-16(20)14-3-4-15(19-12-14)17-9-5-13-6-10-21-11-7-13/h3-4,6,12H,2,5,7-11H2,1H3,(H,17,19)(H,18,20). The quantitative estimate of drug-likeness (QED) is 0.756. The number of anilines is 1. The van der Waals surface area contributed by atoms with Gasteiger partial charge in [-0.25, -0.2) is 4.98 Å². The molecule has 2 heterocycles. The molecule has 0 saturated heterocycles. The molecule has 0 radical (unpaired) electrons. The second kappa shape index (κ2) is 8.42. The van der Waals surface area contributed by atoms with Crippen molar-refractivity contribution in [3.8, 4) is 0 Å². The van der Waals surface area contributed by atoms with Gasteiger partial charge in [-0.2, -0.15) is 0 Å². The van der Waals surface area contributed by atoms with Crippen LogP contribution in [0.2, 0.25) is 0 Å². The summed E-state index contributed by atoms with van der Waals surface area (Å²) in [4.78, 5) is 16.0. The average molecular weight is 289 g/mol. The summed E-state index contributed by atoms with van der Waals surface area (Å²) in [5.41, 5.74) is 2.03. The molecule has 0 atom stereocenters. The van der Waals surface area contributed by atoms with Gasteiger partial charge in [0.05, 0.1) is 18.8 Å². The zero-order valence-electron chi connectivity index (χ0n) is 12.5. The number of amides is 1. The molecule has 5 heteroatoms. The maximum atomic E-state index is 11.7. The topological polar surface area (TPSA) is 63.2 Å². The van der Waals surface area contributed by atoms with E-state index in [4.69, 9.17) is 4.74 Å². The number of pyridine rings is 1. The highest BCUT2D eigenvalue weighted by atomic mass is 16.5. The lowest BCUT2D eigenvalue weighted by molar-refractivity contribution is 0.0953. The number of rotatable bonds is 7. The van der Waals surface area contributed by atoms with Gasteiger partial charge >= 0.3 is 0 Å². The Kier molecular flexibility index (Phi) is 6.22. The van der Waals surface area contributed by atoms with Crippen LogP contribution in [0, 0.1) is 0 Å². The van der Waals surface area contributed by atoms with Gasteiger partial charge in [0.15, 0.2) is 0 Å². The number of carbonyl (C=O) groups excluding carboxylic acids is 1. The minimum absolute atomic E-state index is 0.0664. The number of aromatic nitrogens is 1. The van der Waals surface area contributed by atoms with Gasteiger partial charge in [-0.15, -0.1) is 0 Å². The number of carbonyl (C=O) groups is 1. The van der Waals surface area contributed by atoms with Crippen LogP contribution >= 0.6 is 0 Å². The van der Waals surface area contributed by atoms with E-state index in [9.17, 15) is 4.79 Å². The molecule has 2 N–H and O–H groups in total. The summed E-state index contributed by atoms with van der Waals surface area (Å²) in [5.74, 6) is 0.734. The molecule has 0 saturated carbocycles. The molecule has 1 amide bonds. The van der Waals surface area contributed by atoms with Crippen LogP contribution in [0.3, 0.4) is 0 Å². The first kappa shape index (κ1) is 15.5. The van der Waals surface area contributed by atoms with Gasteiger partial charge in [0.2, 0.25) is 0 Å². The molecule has 0 spiro atoms. The third-order valence-electron chi connectivity index (χ3n) is 3.37. The predicted octanol–water partition coefficient (Wildman–Crippen LogP) is 2.37. The molecule has 1 aliphatic rings. The molecule has 1 aromatic heterocycles. The summed E-state index contributed by atoms with van der Waals surface area (Å²) >= 11 is 0. The third kappa shape index (κ3) is 5.19. The molecule has 1 aromatic rings. The maximum absolute atomic E-state index is 11.7. The van der Waals surface area contributed by atoms with E-state index in [1.165, 1.54) is 5.57 Å². The first-order valence-corrected chi connectivity index (χ1v) is 7.53. The highest BCUT2D eigenvalue weighted by molar-refractivity contribution is 5.93. The van der Waals surface area contributed by atoms with Crippen molar-refractivity contribution in [3.63, 3.8) is 0 Å². The summed E-state index contributed by atoms with van der Waals surface area (Å²) in [5, 5.41) is 6.11. The Morgan fingerprint density at radius 3 is 2.95 bits per heavy atom. The summed E-state index contributed by atoms with van der Waals surface area (Å²) in [6.45, 7) is 5.12. The number of hydrogen-bond donors (Lipinski definition) is 2. The molecule has 0 aliphatic carbocycles. The zero-order chi connectivity index (χ0) is 14.9. The van der Waals surface area contributed by atoms with Gasteiger partial charge in [-0.05, 0) is 31.4 Å². The highest BCUT2D eigenvalue weighted by Crippen LogP contribution is 2.12. The highest BCUT2D eigenvalue weighted by Gasteiger charge is 2.06. The Morgan fingerprint density at radius 1 is 1.38 bits per heavy atom. The van der Waals surface area contributed by atoms with Crippen molar-refractivity contribution >= 4 is 11.7 Å². The number of nitrogens with zero attached hydrogens (tertiary/aromatic N) is 1. The maximum Gasteiger partial charge on any atom is 0.252 e. The van der Waals surface area contributed by atoms with Crippen LogP contribution in [0.15, 0.2) is 30.0 Å². The molecule has 114 valence electrons. The van der Waals surface area contributed by atoms with Crippen molar-refractivity contribution < 1.29 is 9.53 Å². The monoisotopic (exact) mass is 289 g/mol. The fourth-order valence-electron chi connectivity index (χ4n) is 2.12. The van der Waals surface area contributed by atoms with Crippen molar-refractivity contribution in [2.75, 3.05) is 31.6 Å². The second-order valence-electron chi connectivity index (χ2n) is 5.05. The average Bonchev–Trinajstić information content (AvgIpc) is 2.54. The fraction of sp³-hybridized carbons (Fsp3) is 0.500.